The van der Waals surface area contributed by atoms with Crippen LogP contribution in [0.2, 0.25) is 0 Å². The number of nitrogens with zero attached hydrogens (tertiary/aromatic N) is 3. The summed E-state index contributed by atoms with van der Waals surface area (Å²) in [5.41, 5.74) is -1.46. The van der Waals surface area contributed by atoms with Gasteiger partial charge in [0.1, 0.15) is 0 Å². The summed E-state index contributed by atoms with van der Waals surface area (Å²) >= 11 is 3.13. The molecule has 1 rings (SSSR count). The van der Waals surface area contributed by atoms with Crippen LogP contribution in [0, 0.1) is 16.7 Å². The molecule has 9 heteroatoms. The van der Waals surface area contributed by atoms with Gasteiger partial charge in [-0.1, -0.05) is 54.5 Å². The largest absolute Gasteiger partial charge is 0.390 e. The van der Waals surface area contributed by atoms with Gasteiger partial charge in [-0.15, -0.1) is 18.3 Å². The summed E-state index contributed by atoms with van der Waals surface area (Å²) in [7, 11) is 0. The summed E-state index contributed by atoms with van der Waals surface area (Å²) in [6, 6.07) is 0. The lowest BCUT2D eigenvalue weighted by Crippen LogP contribution is -2.55. The molecule has 202 valence electrons. The maximum Gasteiger partial charge on any atom is 0.337 e. The molecular weight excluding hydrogens is 482 g/mol. The number of rotatable bonds is 15. The molecule has 2 unspecified atom stereocenters. The Morgan fingerprint density at radius 3 is 2.06 bits per heavy atom. The van der Waals surface area contributed by atoms with Crippen molar-refractivity contribution >= 4 is 23.5 Å². The third-order valence-corrected chi connectivity index (χ3v) is 8.46. The van der Waals surface area contributed by atoms with Gasteiger partial charge in [-0.25, -0.2) is 28.1 Å². The number of hydrogen-bond donors (Lipinski definition) is 1. The zero-order chi connectivity index (χ0) is 26.8. The minimum Gasteiger partial charge on any atom is -0.390 e. The molecule has 0 aliphatic carbocycles. The van der Waals surface area contributed by atoms with Crippen molar-refractivity contribution in [1.29, 1.82) is 0 Å². The molecule has 0 aromatic carbocycles. The highest BCUT2D eigenvalue weighted by Crippen LogP contribution is 2.29. The van der Waals surface area contributed by atoms with E-state index in [4.69, 9.17) is 0 Å². The summed E-state index contributed by atoms with van der Waals surface area (Å²) in [5, 5.41) is 10.5. The molecule has 1 aromatic rings. The molecule has 0 saturated carbocycles. The van der Waals surface area contributed by atoms with Crippen molar-refractivity contribution in [3.05, 3.63) is 44.1 Å². The molecule has 0 radical (unpaired) electrons. The topological polar surface area (TPSA) is 86.2 Å². The average Bonchev–Trinajstić information content (AvgIpc) is 2.74. The maximum absolute atomic E-state index is 13.0. The highest BCUT2D eigenvalue weighted by molar-refractivity contribution is 7.99. The van der Waals surface area contributed by atoms with Crippen molar-refractivity contribution < 1.29 is 5.11 Å². The van der Waals surface area contributed by atoms with Gasteiger partial charge < -0.3 is 5.11 Å². The van der Waals surface area contributed by atoms with Crippen LogP contribution in [0.5, 0.6) is 0 Å². The van der Waals surface area contributed by atoms with Gasteiger partial charge in [0, 0.05) is 5.75 Å². The first-order valence-electron chi connectivity index (χ1n) is 12.6. The molecular formula is C26H47N3O4S2. The van der Waals surface area contributed by atoms with Crippen molar-refractivity contribution in [2.45, 2.75) is 99.2 Å². The molecule has 0 amide bonds. The second-order valence-electron chi connectivity index (χ2n) is 11.6. The van der Waals surface area contributed by atoms with E-state index in [0.717, 1.165) is 50.9 Å². The fourth-order valence-corrected chi connectivity index (χ4v) is 5.30. The van der Waals surface area contributed by atoms with E-state index in [1.54, 1.807) is 11.8 Å². The van der Waals surface area contributed by atoms with E-state index in [9.17, 15) is 19.5 Å². The van der Waals surface area contributed by atoms with Crippen LogP contribution in [0.3, 0.4) is 0 Å². The minimum atomic E-state index is -0.852. The Hall–Kier alpha value is -1.19. The van der Waals surface area contributed by atoms with Crippen molar-refractivity contribution in [2.24, 2.45) is 16.7 Å². The van der Waals surface area contributed by atoms with Gasteiger partial charge in [-0.2, -0.15) is 11.8 Å². The van der Waals surface area contributed by atoms with Crippen LogP contribution in [-0.2, 0) is 19.0 Å². The second-order valence-corrected chi connectivity index (χ2v) is 13.8. The molecule has 7 nitrogen and oxygen atoms in total. The molecule has 0 saturated heterocycles. The van der Waals surface area contributed by atoms with E-state index in [1.165, 1.54) is 17.8 Å². The van der Waals surface area contributed by atoms with Gasteiger partial charge in [-0.3, -0.25) is 0 Å². The fraction of sp³-hybridized carbons (Fsp3) is 0.808. The van der Waals surface area contributed by atoms with Crippen molar-refractivity contribution in [3.8, 4) is 0 Å². The molecule has 1 aromatic heterocycles. The van der Waals surface area contributed by atoms with Crippen molar-refractivity contribution in [1.82, 2.24) is 13.7 Å². The van der Waals surface area contributed by atoms with Gasteiger partial charge in [0.2, 0.25) is 0 Å². The quantitative estimate of drug-likeness (QED) is 0.267. The summed E-state index contributed by atoms with van der Waals surface area (Å²) in [6.07, 6.45) is 4.82. The Morgan fingerprint density at radius 1 is 0.914 bits per heavy atom. The molecule has 0 fully saturated rings. The molecule has 0 bridgehead atoms. The first kappa shape index (κ1) is 31.8. The molecule has 0 aliphatic heterocycles. The summed E-state index contributed by atoms with van der Waals surface area (Å²) in [6.45, 7) is 19.1. The van der Waals surface area contributed by atoms with Crippen molar-refractivity contribution in [2.75, 3.05) is 17.3 Å². The highest BCUT2D eigenvalue weighted by Gasteiger charge is 2.20. The molecule has 1 heterocycles. The zero-order valence-corrected chi connectivity index (χ0v) is 24.5. The van der Waals surface area contributed by atoms with Crippen LogP contribution in [0.15, 0.2) is 27.0 Å². The van der Waals surface area contributed by atoms with Crippen LogP contribution in [0.1, 0.15) is 74.1 Å². The minimum absolute atomic E-state index is 0.0172. The summed E-state index contributed by atoms with van der Waals surface area (Å²) in [5.74, 6) is 2.91. The molecule has 2 atom stereocenters. The fourth-order valence-electron chi connectivity index (χ4n) is 3.50. The normalized spacial score (nSPS) is 14.2. The van der Waals surface area contributed by atoms with Gasteiger partial charge in [0.25, 0.3) is 0 Å². The molecule has 35 heavy (non-hydrogen) atoms. The Morgan fingerprint density at radius 2 is 1.49 bits per heavy atom. The second kappa shape index (κ2) is 14.5. The number of thioether (sulfide) groups is 2. The van der Waals surface area contributed by atoms with Crippen LogP contribution in [-0.4, -0.2) is 42.2 Å². The predicted molar refractivity (Wildman–Crippen MR) is 152 cm³/mol. The summed E-state index contributed by atoms with van der Waals surface area (Å²) in [4.78, 5) is 38.8. The van der Waals surface area contributed by atoms with Crippen LogP contribution in [0.4, 0.5) is 0 Å². The Kier molecular flexibility index (Phi) is 13.2. The summed E-state index contributed by atoms with van der Waals surface area (Å²) < 4.78 is 3.11. The van der Waals surface area contributed by atoms with Crippen LogP contribution in [0.25, 0.3) is 0 Å². The first-order valence-corrected chi connectivity index (χ1v) is 14.9. The lowest BCUT2D eigenvalue weighted by Gasteiger charge is -2.27. The zero-order valence-electron chi connectivity index (χ0n) is 22.8. The third kappa shape index (κ3) is 11.2. The Balaban J connectivity index is 2.87. The Bertz CT molecular complexity index is 967. The van der Waals surface area contributed by atoms with Gasteiger partial charge in [-0.05, 0) is 53.9 Å². The van der Waals surface area contributed by atoms with E-state index >= 15 is 0 Å². The molecule has 1 N–H and O–H groups in total. The Labute approximate surface area is 219 Å². The van der Waals surface area contributed by atoms with E-state index in [-0.39, 0.29) is 29.8 Å². The van der Waals surface area contributed by atoms with Gasteiger partial charge in [0.05, 0.1) is 25.1 Å². The average molecular weight is 530 g/mol. The standard InChI is InChI=1S/C26H47N3O4S2/c1-9-14-27-22(31)28(17-21(30)18-34-16-11-13-25(3,4)5)24(33)29(23(27)32)19-35-15-10-12-20(2)26(6,7)8/h9,20-21,30H,1,10-19H2,2-8H3. The van der Waals surface area contributed by atoms with Crippen molar-refractivity contribution in [3.63, 3.8) is 0 Å². The monoisotopic (exact) mass is 529 g/mol. The number of aromatic nitrogens is 3. The van der Waals surface area contributed by atoms with Crippen LogP contribution < -0.4 is 17.1 Å². The number of aliphatic hydroxyl groups excluding tert-OH is 1. The van der Waals surface area contributed by atoms with E-state index in [1.807, 2.05) is 0 Å². The predicted octanol–water partition coefficient (Wildman–Crippen LogP) is 4.43. The third-order valence-electron chi connectivity index (χ3n) is 6.24. The molecule has 0 aliphatic rings. The first-order chi connectivity index (χ1) is 16.2. The lowest BCUT2D eigenvalue weighted by atomic mass is 9.80. The van der Waals surface area contributed by atoms with Gasteiger partial charge in [0.15, 0.2) is 0 Å². The molecule has 0 spiro atoms. The van der Waals surface area contributed by atoms with Crippen LogP contribution >= 0.6 is 23.5 Å². The van der Waals surface area contributed by atoms with E-state index in [0.29, 0.717) is 11.7 Å². The van der Waals surface area contributed by atoms with E-state index < -0.39 is 23.2 Å². The number of allylic oxidation sites excluding steroid dienone is 1. The highest BCUT2D eigenvalue weighted by atomic mass is 32.2. The SMILES string of the molecule is C=CCn1c(=O)n(CSCCCC(C)C(C)(C)C)c(=O)n(CC(O)CSCCCC(C)(C)C)c1=O. The maximum atomic E-state index is 13.0. The smallest absolute Gasteiger partial charge is 0.337 e. The lowest BCUT2D eigenvalue weighted by molar-refractivity contribution is 0.171. The number of aliphatic hydroxyl groups is 1. The number of hydrogen-bond acceptors (Lipinski definition) is 6. The van der Waals surface area contributed by atoms with E-state index in [2.05, 4.69) is 55.0 Å². The van der Waals surface area contributed by atoms with Gasteiger partial charge >= 0.3 is 17.1 Å².